The first-order chi connectivity index (χ1) is 11.2. The second-order valence-corrected chi connectivity index (χ2v) is 7.39. The summed E-state index contributed by atoms with van der Waals surface area (Å²) < 4.78 is 2.09. The molecular weight excluding hydrogens is 302 g/mol. The lowest BCUT2D eigenvalue weighted by molar-refractivity contribution is -0.118. The molecule has 2 heterocycles. The molecule has 24 heavy (non-hydrogen) atoms. The Morgan fingerprint density at radius 2 is 2.00 bits per heavy atom. The molecule has 0 aliphatic carbocycles. The average molecular weight is 329 g/mol. The SMILES string of the molecule is CC(C)C(=O)Nc1ccc(CC(O)c2cccn2C(C)(C)C)cn1. The molecule has 0 bridgehead atoms. The van der Waals surface area contributed by atoms with E-state index in [1.807, 2.05) is 38.2 Å². The molecule has 0 saturated carbocycles. The van der Waals surface area contributed by atoms with E-state index in [1.165, 1.54) is 0 Å². The maximum absolute atomic E-state index is 11.7. The average Bonchev–Trinajstić information content (AvgIpc) is 2.99. The van der Waals surface area contributed by atoms with Gasteiger partial charge in [0.2, 0.25) is 5.91 Å². The predicted molar refractivity (Wildman–Crippen MR) is 95.8 cm³/mol. The molecule has 2 aromatic rings. The number of amides is 1. The van der Waals surface area contributed by atoms with Gasteiger partial charge in [-0.05, 0) is 44.5 Å². The Morgan fingerprint density at radius 1 is 1.29 bits per heavy atom. The highest BCUT2D eigenvalue weighted by Gasteiger charge is 2.20. The number of nitrogens with zero attached hydrogens (tertiary/aromatic N) is 2. The fraction of sp³-hybridized carbons (Fsp3) is 0.474. The number of hydrogen-bond donors (Lipinski definition) is 2. The third-order valence-corrected chi connectivity index (χ3v) is 3.87. The highest BCUT2D eigenvalue weighted by Crippen LogP contribution is 2.25. The van der Waals surface area contributed by atoms with Crippen LogP contribution in [0.5, 0.6) is 0 Å². The zero-order valence-electron chi connectivity index (χ0n) is 15.1. The van der Waals surface area contributed by atoms with Gasteiger partial charge in [-0.1, -0.05) is 19.9 Å². The minimum Gasteiger partial charge on any atom is -0.387 e. The molecule has 1 amide bonds. The van der Waals surface area contributed by atoms with Gasteiger partial charge in [-0.2, -0.15) is 0 Å². The van der Waals surface area contributed by atoms with Gasteiger partial charge < -0.3 is 15.0 Å². The van der Waals surface area contributed by atoms with Crippen molar-refractivity contribution in [3.05, 3.63) is 47.9 Å². The summed E-state index contributed by atoms with van der Waals surface area (Å²) in [5.41, 5.74) is 1.73. The summed E-state index contributed by atoms with van der Waals surface area (Å²) in [6.45, 7) is 10.00. The third kappa shape index (κ3) is 4.45. The summed E-state index contributed by atoms with van der Waals surface area (Å²) in [7, 11) is 0. The molecule has 5 heteroatoms. The van der Waals surface area contributed by atoms with Crippen molar-refractivity contribution < 1.29 is 9.90 Å². The van der Waals surface area contributed by atoms with Crippen LogP contribution in [0.2, 0.25) is 0 Å². The number of carbonyl (C=O) groups is 1. The normalized spacial score (nSPS) is 13.1. The first kappa shape index (κ1) is 18.2. The first-order valence-electron chi connectivity index (χ1n) is 8.30. The van der Waals surface area contributed by atoms with Gasteiger partial charge in [0.05, 0.1) is 6.10 Å². The Kier molecular flexibility index (Phi) is 5.44. The Morgan fingerprint density at radius 3 is 2.54 bits per heavy atom. The molecule has 2 rings (SSSR count). The molecule has 0 radical (unpaired) electrons. The van der Waals surface area contributed by atoms with Crippen LogP contribution < -0.4 is 5.32 Å². The Balaban J connectivity index is 2.06. The van der Waals surface area contributed by atoms with Crippen LogP contribution in [0.15, 0.2) is 36.7 Å². The summed E-state index contributed by atoms with van der Waals surface area (Å²) in [6.07, 6.45) is 3.56. The quantitative estimate of drug-likeness (QED) is 0.882. The Bertz CT molecular complexity index is 681. The first-order valence-corrected chi connectivity index (χ1v) is 8.30. The summed E-state index contributed by atoms with van der Waals surface area (Å²) >= 11 is 0. The monoisotopic (exact) mass is 329 g/mol. The lowest BCUT2D eigenvalue weighted by atomic mass is 10.0. The van der Waals surface area contributed by atoms with Crippen LogP contribution in [0.1, 0.15) is 52.0 Å². The van der Waals surface area contributed by atoms with Crippen molar-refractivity contribution in [2.45, 2.75) is 52.7 Å². The number of hydrogen-bond acceptors (Lipinski definition) is 3. The third-order valence-electron chi connectivity index (χ3n) is 3.87. The summed E-state index contributed by atoms with van der Waals surface area (Å²) in [5.74, 6) is 0.391. The van der Waals surface area contributed by atoms with Gasteiger partial charge in [-0.25, -0.2) is 4.98 Å². The van der Waals surface area contributed by atoms with Crippen molar-refractivity contribution in [1.82, 2.24) is 9.55 Å². The van der Waals surface area contributed by atoms with Crippen LogP contribution >= 0.6 is 0 Å². The molecule has 2 aromatic heterocycles. The van der Waals surface area contributed by atoms with Crippen LogP contribution in [0, 0.1) is 5.92 Å². The molecule has 0 spiro atoms. The van der Waals surface area contributed by atoms with Crippen LogP contribution in [-0.2, 0) is 16.8 Å². The molecular formula is C19H27N3O2. The predicted octanol–water partition coefficient (Wildman–Crippen LogP) is 3.51. The van der Waals surface area contributed by atoms with Crippen molar-refractivity contribution in [1.29, 1.82) is 0 Å². The lowest BCUT2D eigenvalue weighted by Crippen LogP contribution is -2.24. The van der Waals surface area contributed by atoms with E-state index in [0.717, 1.165) is 11.3 Å². The van der Waals surface area contributed by atoms with Crippen molar-refractivity contribution in [2.75, 3.05) is 5.32 Å². The van der Waals surface area contributed by atoms with E-state index in [1.54, 1.807) is 12.3 Å². The standard InChI is InChI=1S/C19H27N3O2/c1-13(2)18(24)21-17-9-8-14(12-20-17)11-16(23)15-7-6-10-22(15)19(3,4)5/h6-10,12-13,16,23H,11H2,1-5H3,(H,20,21,24). The lowest BCUT2D eigenvalue weighted by Gasteiger charge is -2.26. The smallest absolute Gasteiger partial charge is 0.228 e. The van der Waals surface area contributed by atoms with Crippen molar-refractivity contribution in [3.8, 4) is 0 Å². The largest absolute Gasteiger partial charge is 0.387 e. The van der Waals surface area contributed by atoms with Crippen molar-refractivity contribution in [3.63, 3.8) is 0 Å². The molecule has 130 valence electrons. The van der Waals surface area contributed by atoms with Crippen LogP contribution in [0.4, 0.5) is 5.82 Å². The van der Waals surface area contributed by atoms with Gasteiger partial charge in [-0.15, -0.1) is 0 Å². The van der Waals surface area contributed by atoms with E-state index in [2.05, 4.69) is 35.6 Å². The molecule has 0 aromatic carbocycles. The van der Waals surface area contributed by atoms with Gasteiger partial charge in [0.1, 0.15) is 5.82 Å². The number of nitrogens with one attached hydrogen (secondary N) is 1. The number of aliphatic hydroxyl groups is 1. The molecule has 0 aliphatic rings. The number of anilines is 1. The fourth-order valence-electron chi connectivity index (χ4n) is 2.49. The summed E-state index contributed by atoms with van der Waals surface area (Å²) in [4.78, 5) is 15.9. The van der Waals surface area contributed by atoms with Crippen LogP contribution in [0.25, 0.3) is 0 Å². The van der Waals surface area contributed by atoms with Gasteiger partial charge in [0.15, 0.2) is 0 Å². The number of aliphatic hydroxyl groups excluding tert-OH is 1. The van der Waals surface area contributed by atoms with Crippen molar-refractivity contribution >= 4 is 11.7 Å². The highest BCUT2D eigenvalue weighted by atomic mass is 16.3. The minimum atomic E-state index is -0.600. The van der Waals surface area contributed by atoms with Gasteiger partial charge in [-0.3, -0.25) is 4.79 Å². The van der Waals surface area contributed by atoms with E-state index in [-0.39, 0.29) is 17.4 Å². The summed E-state index contributed by atoms with van der Waals surface area (Å²) in [6, 6.07) is 7.55. The van der Waals surface area contributed by atoms with E-state index >= 15 is 0 Å². The maximum Gasteiger partial charge on any atom is 0.228 e. The molecule has 1 unspecified atom stereocenters. The molecule has 1 atom stereocenters. The Hall–Kier alpha value is -2.14. The van der Waals surface area contributed by atoms with Gasteiger partial charge in [0.25, 0.3) is 0 Å². The maximum atomic E-state index is 11.7. The summed E-state index contributed by atoms with van der Waals surface area (Å²) in [5, 5.41) is 13.3. The zero-order valence-corrected chi connectivity index (χ0v) is 15.1. The van der Waals surface area contributed by atoms with E-state index in [4.69, 9.17) is 0 Å². The molecule has 0 saturated heterocycles. The highest BCUT2D eigenvalue weighted by molar-refractivity contribution is 5.91. The zero-order chi connectivity index (χ0) is 17.9. The molecule has 5 nitrogen and oxygen atoms in total. The number of aromatic nitrogens is 2. The van der Waals surface area contributed by atoms with E-state index in [0.29, 0.717) is 12.2 Å². The second-order valence-electron chi connectivity index (χ2n) is 7.39. The van der Waals surface area contributed by atoms with Crippen LogP contribution in [0.3, 0.4) is 0 Å². The van der Waals surface area contributed by atoms with Gasteiger partial charge in [0, 0.05) is 36.0 Å². The molecule has 0 aliphatic heterocycles. The van der Waals surface area contributed by atoms with Gasteiger partial charge >= 0.3 is 0 Å². The Labute approximate surface area is 143 Å². The molecule has 2 N–H and O–H groups in total. The minimum absolute atomic E-state index is 0.0571. The number of pyridine rings is 1. The molecule has 0 fully saturated rings. The second kappa shape index (κ2) is 7.18. The van der Waals surface area contributed by atoms with E-state index < -0.39 is 6.10 Å². The van der Waals surface area contributed by atoms with Crippen LogP contribution in [-0.4, -0.2) is 20.6 Å². The number of rotatable bonds is 5. The van der Waals surface area contributed by atoms with Crippen molar-refractivity contribution in [2.24, 2.45) is 5.92 Å². The topological polar surface area (TPSA) is 67.2 Å². The fourth-order valence-corrected chi connectivity index (χ4v) is 2.49. The number of carbonyl (C=O) groups excluding carboxylic acids is 1. The van der Waals surface area contributed by atoms with E-state index in [9.17, 15) is 9.90 Å².